The molecule has 19 heavy (non-hydrogen) atoms. The molecule has 0 aliphatic heterocycles. The Morgan fingerprint density at radius 2 is 2.00 bits per heavy atom. The van der Waals surface area contributed by atoms with Crippen molar-refractivity contribution in [3.05, 3.63) is 42.5 Å². The number of fused-ring (bicyclic) bond motifs is 2. The van der Waals surface area contributed by atoms with Gasteiger partial charge in [-0.15, -0.1) is 0 Å². The topological polar surface area (TPSA) is 43.4 Å². The maximum Gasteiger partial charge on any atom is 0.184 e. The number of rotatable bonds is 3. The van der Waals surface area contributed by atoms with Crippen LogP contribution in [0.15, 0.2) is 47.4 Å². The quantitative estimate of drug-likeness (QED) is 0.798. The maximum atomic E-state index is 12.8. The van der Waals surface area contributed by atoms with Crippen molar-refractivity contribution in [2.45, 2.75) is 35.0 Å². The zero-order valence-electron chi connectivity index (χ0n) is 11.0. The van der Waals surface area contributed by atoms with Gasteiger partial charge in [-0.25, -0.2) is 8.42 Å². The van der Waals surface area contributed by atoms with Crippen LogP contribution < -0.4 is 0 Å². The summed E-state index contributed by atoms with van der Waals surface area (Å²) < 4.78 is 31.3. The molecule has 0 saturated heterocycles. The van der Waals surface area contributed by atoms with Gasteiger partial charge in [-0.2, -0.15) is 0 Å². The second-order valence-electron chi connectivity index (χ2n) is 5.40. The first kappa shape index (κ1) is 12.9. The maximum absolute atomic E-state index is 12.8. The van der Waals surface area contributed by atoms with Gasteiger partial charge in [-0.1, -0.05) is 30.4 Å². The minimum atomic E-state index is -3.34. The van der Waals surface area contributed by atoms with E-state index >= 15 is 0 Å². The van der Waals surface area contributed by atoms with Crippen molar-refractivity contribution < 1.29 is 13.2 Å². The first-order chi connectivity index (χ1) is 9.08. The normalized spacial score (nSPS) is 33.5. The summed E-state index contributed by atoms with van der Waals surface area (Å²) in [6.07, 6.45) is 6.56. The number of methoxy groups -OCH3 is 1. The summed E-state index contributed by atoms with van der Waals surface area (Å²) in [5.41, 5.74) is -0.635. The van der Waals surface area contributed by atoms with Gasteiger partial charge in [0.15, 0.2) is 9.84 Å². The number of ether oxygens (including phenoxy) is 1. The molecule has 3 aliphatic carbocycles. The number of allylic oxidation sites excluding steroid dienone is 1. The molecule has 0 N–H and O–H groups in total. The fraction of sp³-hybridized carbons (Fsp3) is 0.467. The van der Waals surface area contributed by atoms with Crippen molar-refractivity contribution in [1.29, 1.82) is 0 Å². The fourth-order valence-corrected chi connectivity index (χ4v) is 5.48. The summed E-state index contributed by atoms with van der Waals surface area (Å²) in [4.78, 5) is 0.400. The lowest BCUT2D eigenvalue weighted by Gasteiger charge is -2.46. The average molecular weight is 278 g/mol. The summed E-state index contributed by atoms with van der Waals surface area (Å²) in [5.74, 6) is 0.375. The van der Waals surface area contributed by atoms with Gasteiger partial charge in [-0.3, -0.25) is 0 Å². The highest BCUT2D eigenvalue weighted by molar-refractivity contribution is 7.92. The summed E-state index contributed by atoms with van der Waals surface area (Å²) in [7, 11) is -1.73. The summed E-state index contributed by atoms with van der Waals surface area (Å²) in [6.45, 7) is 0. The van der Waals surface area contributed by atoms with E-state index in [1.54, 1.807) is 31.4 Å². The van der Waals surface area contributed by atoms with Crippen LogP contribution in [0, 0.1) is 5.92 Å². The molecule has 0 unspecified atom stereocenters. The lowest BCUT2D eigenvalue weighted by atomic mass is 9.72. The van der Waals surface area contributed by atoms with Crippen LogP contribution in [0.2, 0.25) is 0 Å². The van der Waals surface area contributed by atoms with Gasteiger partial charge in [0, 0.05) is 7.11 Å². The fourth-order valence-electron chi connectivity index (χ4n) is 3.29. The van der Waals surface area contributed by atoms with E-state index < -0.39 is 20.7 Å². The van der Waals surface area contributed by atoms with Crippen LogP contribution in [0.25, 0.3) is 0 Å². The number of sulfone groups is 1. The Morgan fingerprint density at radius 3 is 2.58 bits per heavy atom. The molecule has 4 heteroatoms. The van der Waals surface area contributed by atoms with E-state index in [1.165, 1.54) is 0 Å². The molecule has 3 nitrogen and oxygen atoms in total. The minimum Gasteiger partial charge on any atom is -0.373 e. The molecule has 0 radical (unpaired) electrons. The van der Waals surface area contributed by atoms with Crippen molar-refractivity contribution in [1.82, 2.24) is 0 Å². The molecule has 4 rings (SSSR count). The molecule has 3 atom stereocenters. The Labute approximate surface area is 114 Å². The second kappa shape index (κ2) is 4.46. The van der Waals surface area contributed by atoms with E-state index in [1.807, 2.05) is 12.1 Å². The SMILES string of the molecule is CO[C@]12C=C[C@H](CC1)C[C@@H]2S(=O)(=O)c1ccccc1. The molecule has 1 aromatic carbocycles. The third kappa shape index (κ3) is 1.94. The molecule has 2 bridgehead atoms. The second-order valence-corrected chi connectivity index (χ2v) is 7.53. The highest BCUT2D eigenvalue weighted by Gasteiger charge is 2.51. The van der Waals surface area contributed by atoms with Crippen molar-refractivity contribution in [2.75, 3.05) is 7.11 Å². The lowest BCUT2D eigenvalue weighted by Crippen LogP contribution is -2.53. The molecule has 0 heterocycles. The third-order valence-electron chi connectivity index (χ3n) is 4.44. The molecular formula is C15H18O3S. The zero-order chi connectivity index (χ0) is 13.5. The average Bonchev–Trinajstić information content (AvgIpc) is 2.49. The van der Waals surface area contributed by atoms with Crippen molar-refractivity contribution in [2.24, 2.45) is 5.92 Å². The van der Waals surface area contributed by atoms with Crippen LogP contribution >= 0.6 is 0 Å². The largest absolute Gasteiger partial charge is 0.373 e. The number of hydrogen-bond donors (Lipinski definition) is 0. The van der Waals surface area contributed by atoms with Crippen molar-refractivity contribution >= 4 is 9.84 Å². The molecule has 1 fully saturated rings. The highest BCUT2D eigenvalue weighted by atomic mass is 32.2. The van der Waals surface area contributed by atoms with Gasteiger partial charge in [-0.05, 0) is 37.3 Å². The van der Waals surface area contributed by atoms with Gasteiger partial charge in [0.2, 0.25) is 0 Å². The van der Waals surface area contributed by atoms with E-state index in [-0.39, 0.29) is 0 Å². The van der Waals surface area contributed by atoms with Crippen LogP contribution in [0.4, 0.5) is 0 Å². The molecule has 102 valence electrons. The first-order valence-corrected chi connectivity index (χ1v) is 8.16. The Hall–Kier alpha value is -1.13. The molecular weight excluding hydrogens is 260 g/mol. The van der Waals surface area contributed by atoms with Gasteiger partial charge < -0.3 is 4.74 Å². The van der Waals surface area contributed by atoms with Crippen molar-refractivity contribution in [3.63, 3.8) is 0 Å². The van der Waals surface area contributed by atoms with Crippen LogP contribution in [-0.4, -0.2) is 26.4 Å². The molecule has 3 aliphatic rings. The Kier molecular flexibility index (Phi) is 3.02. The zero-order valence-corrected chi connectivity index (χ0v) is 11.8. The van der Waals surface area contributed by atoms with Crippen LogP contribution in [0.3, 0.4) is 0 Å². The Balaban J connectivity index is 2.05. The minimum absolute atomic E-state index is 0.375. The Morgan fingerprint density at radius 1 is 1.26 bits per heavy atom. The third-order valence-corrected chi connectivity index (χ3v) is 6.71. The summed E-state index contributed by atoms with van der Waals surface area (Å²) in [6, 6.07) is 8.71. The Bertz CT molecular complexity index is 591. The summed E-state index contributed by atoms with van der Waals surface area (Å²) in [5, 5.41) is -0.462. The molecule has 0 spiro atoms. The molecule has 0 aromatic heterocycles. The predicted octanol–water partition coefficient (Wildman–Crippen LogP) is 2.58. The first-order valence-electron chi connectivity index (χ1n) is 6.62. The van der Waals surface area contributed by atoms with Gasteiger partial charge in [0.1, 0.15) is 5.60 Å². The smallest absolute Gasteiger partial charge is 0.184 e. The number of hydrogen-bond acceptors (Lipinski definition) is 3. The molecule has 1 aromatic rings. The van der Waals surface area contributed by atoms with Gasteiger partial charge in [0.05, 0.1) is 10.1 Å². The van der Waals surface area contributed by atoms with E-state index in [9.17, 15) is 8.42 Å². The molecule has 0 amide bonds. The molecule has 1 saturated carbocycles. The lowest BCUT2D eigenvalue weighted by molar-refractivity contribution is -0.0107. The van der Waals surface area contributed by atoms with Crippen molar-refractivity contribution in [3.8, 4) is 0 Å². The van der Waals surface area contributed by atoms with Crippen LogP contribution in [-0.2, 0) is 14.6 Å². The van der Waals surface area contributed by atoms with E-state index in [4.69, 9.17) is 4.74 Å². The van der Waals surface area contributed by atoms with Crippen LogP contribution in [0.1, 0.15) is 19.3 Å². The monoisotopic (exact) mass is 278 g/mol. The van der Waals surface area contributed by atoms with Gasteiger partial charge >= 0.3 is 0 Å². The predicted molar refractivity (Wildman–Crippen MR) is 73.6 cm³/mol. The van der Waals surface area contributed by atoms with E-state index in [0.29, 0.717) is 17.2 Å². The number of benzene rings is 1. The summed E-state index contributed by atoms with van der Waals surface area (Å²) >= 11 is 0. The van der Waals surface area contributed by atoms with Gasteiger partial charge in [0.25, 0.3) is 0 Å². The van der Waals surface area contributed by atoms with E-state index in [0.717, 1.165) is 12.8 Å². The standard InChI is InChI=1S/C15H18O3S/c1-18-15-9-7-12(8-10-15)11-14(15)19(16,17)13-5-3-2-4-6-13/h2-7,9,12,14H,8,10-11H2,1H3/t12-,14+,15-/m1/s1. The highest BCUT2D eigenvalue weighted by Crippen LogP contribution is 2.46. The van der Waals surface area contributed by atoms with E-state index in [2.05, 4.69) is 6.08 Å². The van der Waals surface area contributed by atoms with Crippen LogP contribution in [0.5, 0.6) is 0 Å².